The number of aliphatic hydroxyl groups excluding tert-OH is 1. The lowest BCUT2D eigenvalue weighted by Gasteiger charge is -2.07. The summed E-state index contributed by atoms with van der Waals surface area (Å²) in [7, 11) is -3.64. The number of hydrogen-bond acceptors (Lipinski definition) is 4. The molecule has 19 heavy (non-hydrogen) atoms. The van der Waals surface area contributed by atoms with E-state index in [0.717, 1.165) is 5.56 Å². The number of nitrogens with one attached hydrogen (secondary N) is 1. The molecule has 0 saturated heterocycles. The van der Waals surface area contributed by atoms with Crippen molar-refractivity contribution in [2.24, 2.45) is 0 Å². The Balaban J connectivity index is 2.17. The first-order chi connectivity index (χ1) is 9.03. The molecule has 2 aromatic rings. The SMILES string of the molecule is O=S(=O)(NCc1ccoc1)c1ccc(CO)c(Cl)c1. The molecule has 1 heterocycles. The number of hydrogen-bond donors (Lipinski definition) is 2. The highest BCUT2D eigenvalue weighted by atomic mass is 35.5. The highest BCUT2D eigenvalue weighted by Gasteiger charge is 2.15. The van der Waals surface area contributed by atoms with E-state index in [0.29, 0.717) is 5.56 Å². The van der Waals surface area contributed by atoms with Crippen LogP contribution >= 0.6 is 11.6 Å². The minimum atomic E-state index is -3.64. The zero-order valence-electron chi connectivity index (χ0n) is 9.84. The maximum atomic E-state index is 12.0. The Morgan fingerprint density at radius 3 is 2.68 bits per heavy atom. The van der Waals surface area contributed by atoms with Crippen LogP contribution in [0.4, 0.5) is 0 Å². The van der Waals surface area contributed by atoms with E-state index in [1.807, 2.05) is 0 Å². The van der Waals surface area contributed by atoms with Crippen molar-refractivity contribution in [1.29, 1.82) is 0 Å². The van der Waals surface area contributed by atoms with Gasteiger partial charge in [0.2, 0.25) is 10.0 Å². The molecule has 0 spiro atoms. The summed E-state index contributed by atoms with van der Waals surface area (Å²) in [4.78, 5) is 0.0539. The number of halogens is 1. The Hall–Kier alpha value is -1.34. The number of furan rings is 1. The highest BCUT2D eigenvalue weighted by molar-refractivity contribution is 7.89. The smallest absolute Gasteiger partial charge is 0.240 e. The molecule has 0 atom stereocenters. The Bertz CT molecular complexity index is 652. The van der Waals surface area contributed by atoms with Gasteiger partial charge in [0.1, 0.15) is 0 Å². The van der Waals surface area contributed by atoms with Crippen molar-refractivity contribution in [2.75, 3.05) is 0 Å². The van der Waals surface area contributed by atoms with Gasteiger partial charge in [0.15, 0.2) is 0 Å². The van der Waals surface area contributed by atoms with E-state index >= 15 is 0 Å². The minimum Gasteiger partial charge on any atom is -0.472 e. The van der Waals surface area contributed by atoms with E-state index < -0.39 is 10.0 Å². The third-order valence-electron chi connectivity index (χ3n) is 2.55. The second kappa shape index (κ2) is 5.75. The fourth-order valence-electron chi connectivity index (χ4n) is 1.48. The summed E-state index contributed by atoms with van der Waals surface area (Å²) in [5.41, 5.74) is 1.21. The Morgan fingerprint density at radius 1 is 1.32 bits per heavy atom. The molecule has 0 fully saturated rings. The van der Waals surface area contributed by atoms with Crippen molar-refractivity contribution in [3.63, 3.8) is 0 Å². The van der Waals surface area contributed by atoms with Crippen molar-refractivity contribution < 1.29 is 17.9 Å². The fourth-order valence-corrected chi connectivity index (χ4v) is 2.83. The zero-order valence-corrected chi connectivity index (χ0v) is 11.4. The van der Waals surface area contributed by atoms with Gasteiger partial charge in [-0.05, 0) is 23.8 Å². The summed E-state index contributed by atoms with van der Waals surface area (Å²) in [6.07, 6.45) is 2.93. The number of rotatable bonds is 5. The summed E-state index contributed by atoms with van der Waals surface area (Å²) < 4.78 is 31.3. The minimum absolute atomic E-state index is 0.0539. The van der Waals surface area contributed by atoms with Gasteiger partial charge in [-0.3, -0.25) is 0 Å². The molecule has 5 nitrogen and oxygen atoms in total. The molecule has 7 heteroatoms. The first-order valence-electron chi connectivity index (χ1n) is 5.43. The second-order valence-electron chi connectivity index (χ2n) is 3.87. The van der Waals surface area contributed by atoms with Gasteiger partial charge in [-0.15, -0.1) is 0 Å². The Labute approximate surface area is 115 Å². The number of sulfonamides is 1. The van der Waals surface area contributed by atoms with E-state index in [9.17, 15) is 8.42 Å². The maximum absolute atomic E-state index is 12.0. The largest absolute Gasteiger partial charge is 0.472 e. The van der Waals surface area contributed by atoms with Crippen LogP contribution in [0.15, 0.2) is 46.1 Å². The van der Waals surface area contributed by atoms with Crippen LogP contribution in [0.1, 0.15) is 11.1 Å². The van der Waals surface area contributed by atoms with Crippen LogP contribution < -0.4 is 4.72 Å². The summed E-state index contributed by atoms with van der Waals surface area (Å²) >= 11 is 5.87. The van der Waals surface area contributed by atoms with Crippen LogP contribution in [0, 0.1) is 0 Å². The third kappa shape index (κ3) is 3.36. The Kier molecular flexibility index (Phi) is 4.26. The molecule has 1 aromatic heterocycles. The van der Waals surface area contributed by atoms with E-state index in [4.69, 9.17) is 21.1 Å². The molecule has 0 aliphatic rings. The quantitative estimate of drug-likeness (QED) is 0.884. The van der Waals surface area contributed by atoms with Gasteiger partial charge in [0, 0.05) is 17.1 Å². The van der Waals surface area contributed by atoms with Crippen LogP contribution in [0.3, 0.4) is 0 Å². The summed E-state index contributed by atoms with van der Waals surface area (Å²) in [6.45, 7) is -0.0974. The molecule has 2 rings (SSSR count). The third-order valence-corrected chi connectivity index (χ3v) is 4.30. The van der Waals surface area contributed by atoms with Crippen LogP contribution in [0.25, 0.3) is 0 Å². The van der Waals surface area contributed by atoms with Crippen molar-refractivity contribution in [2.45, 2.75) is 18.0 Å². The normalized spacial score (nSPS) is 11.7. The predicted molar refractivity (Wildman–Crippen MR) is 70.1 cm³/mol. The molecule has 0 aliphatic heterocycles. The topological polar surface area (TPSA) is 79.5 Å². The van der Waals surface area contributed by atoms with Crippen molar-refractivity contribution in [3.05, 3.63) is 52.9 Å². The highest BCUT2D eigenvalue weighted by Crippen LogP contribution is 2.21. The average Bonchev–Trinajstić information content (AvgIpc) is 2.89. The first kappa shape index (κ1) is 14.1. The van der Waals surface area contributed by atoms with E-state index in [1.165, 1.54) is 30.7 Å². The first-order valence-corrected chi connectivity index (χ1v) is 7.29. The van der Waals surface area contributed by atoms with Crippen molar-refractivity contribution >= 4 is 21.6 Å². The molecule has 1 aromatic carbocycles. The van der Waals surface area contributed by atoms with Gasteiger partial charge in [0.05, 0.1) is 24.0 Å². The second-order valence-corrected chi connectivity index (χ2v) is 6.04. The van der Waals surface area contributed by atoms with Crippen LogP contribution in [-0.4, -0.2) is 13.5 Å². The van der Waals surface area contributed by atoms with Crippen molar-refractivity contribution in [3.8, 4) is 0 Å². The summed E-state index contributed by atoms with van der Waals surface area (Å²) in [5.74, 6) is 0. The van der Waals surface area contributed by atoms with Gasteiger partial charge in [0.25, 0.3) is 0 Å². The summed E-state index contributed by atoms with van der Waals surface area (Å²) in [6, 6.07) is 5.86. The van der Waals surface area contributed by atoms with Gasteiger partial charge in [-0.2, -0.15) is 0 Å². The van der Waals surface area contributed by atoms with Gasteiger partial charge in [-0.25, -0.2) is 13.1 Å². The molecule has 0 radical (unpaired) electrons. The van der Waals surface area contributed by atoms with Crippen molar-refractivity contribution in [1.82, 2.24) is 4.72 Å². The molecule has 2 N–H and O–H groups in total. The lowest BCUT2D eigenvalue weighted by atomic mass is 10.2. The fraction of sp³-hybridized carbons (Fsp3) is 0.167. The lowest BCUT2D eigenvalue weighted by molar-refractivity contribution is 0.282. The van der Waals surface area contributed by atoms with E-state index in [1.54, 1.807) is 6.07 Å². The molecule has 0 aliphatic carbocycles. The standard InChI is InChI=1S/C12H12ClNO4S/c13-12-5-11(2-1-10(12)7-15)19(16,17)14-6-9-3-4-18-8-9/h1-5,8,14-15H,6-7H2. The van der Waals surface area contributed by atoms with Crippen LogP contribution in [0.2, 0.25) is 5.02 Å². The van der Waals surface area contributed by atoms with Gasteiger partial charge in [-0.1, -0.05) is 17.7 Å². The van der Waals surface area contributed by atoms with E-state index in [2.05, 4.69) is 4.72 Å². The molecule has 0 saturated carbocycles. The molecule has 0 bridgehead atoms. The zero-order chi connectivity index (χ0) is 13.9. The summed E-state index contributed by atoms with van der Waals surface area (Å²) in [5, 5.41) is 9.20. The molecular weight excluding hydrogens is 290 g/mol. The van der Waals surface area contributed by atoms with E-state index in [-0.39, 0.29) is 23.1 Å². The monoisotopic (exact) mass is 301 g/mol. The van der Waals surface area contributed by atoms with Crippen LogP contribution in [-0.2, 0) is 23.2 Å². The van der Waals surface area contributed by atoms with Crippen LogP contribution in [0.5, 0.6) is 0 Å². The maximum Gasteiger partial charge on any atom is 0.240 e. The average molecular weight is 302 g/mol. The van der Waals surface area contributed by atoms with Gasteiger partial charge < -0.3 is 9.52 Å². The molecular formula is C12H12ClNO4S. The molecule has 0 unspecified atom stereocenters. The van der Waals surface area contributed by atoms with Gasteiger partial charge >= 0.3 is 0 Å². The molecule has 0 amide bonds. The Morgan fingerprint density at radius 2 is 2.11 bits per heavy atom. The number of benzene rings is 1. The number of aliphatic hydroxyl groups is 1. The predicted octanol–water partition coefficient (Wildman–Crippen LogP) is 1.90. The molecule has 102 valence electrons. The lowest BCUT2D eigenvalue weighted by Crippen LogP contribution is -2.23.